The predicted octanol–water partition coefficient (Wildman–Crippen LogP) is 1.04. The smallest absolute Gasteiger partial charge is 0.311 e. The first-order chi connectivity index (χ1) is 10.3. The minimum atomic E-state index is -0.524. The molecule has 2 heterocycles. The topological polar surface area (TPSA) is 58.6 Å². The van der Waals surface area contributed by atoms with Crippen LogP contribution in [0.1, 0.15) is 30.1 Å². The molecule has 2 aliphatic heterocycles. The Labute approximate surface area is 124 Å². The molecule has 0 bridgehead atoms. The molecule has 1 aromatic rings. The van der Waals surface area contributed by atoms with Crippen LogP contribution in [0, 0.1) is 0 Å². The van der Waals surface area contributed by atoms with Gasteiger partial charge in [-0.2, -0.15) is 0 Å². The van der Waals surface area contributed by atoms with Crippen molar-refractivity contribution in [1.29, 1.82) is 0 Å². The van der Waals surface area contributed by atoms with E-state index in [1.807, 2.05) is 18.2 Å². The summed E-state index contributed by atoms with van der Waals surface area (Å²) in [5.41, 5.74) is 2.37. The van der Waals surface area contributed by atoms with Crippen LogP contribution in [0.2, 0.25) is 0 Å². The second-order valence-electron chi connectivity index (χ2n) is 5.52. The highest BCUT2D eigenvalue weighted by molar-refractivity contribution is 6.35. The highest BCUT2D eigenvalue weighted by Gasteiger charge is 2.26. The number of rotatable bonds is 2. The number of nitrogens with one attached hydrogen (secondary N) is 1. The fraction of sp³-hybridized carbons (Fsp3) is 0.500. The molecule has 1 N–H and O–H groups in total. The molecule has 112 valence electrons. The molecule has 21 heavy (non-hydrogen) atoms. The molecule has 1 atom stereocenters. The number of ether oxygens (including phenoxy) is 1. The standard InChI is InChI=1S/C16H20N2O3/c19-15(16(20)18-8-3-4-9-18)17-11-14-13-6-2-1-5-12(13)7-10-21-14/h1-2,5-6,14H,3-4,7-11H2,(H,17,19)/t14-/m1/s1. The van der Waals surface area contributed by atoms with Crippen LogP contribution in [0.5, 0.6) is 0 Å². The molecule has 0 aliphatic carbocycles. The SMILES string of the molecule is O=C(NC[C@H]1OCCc2ccccc21)C(=O)N1CCCC1. The summed E-state index contributed by atoms with van der Waals surface area (Å²) in [6.07, 6.45) is 2.70. The number of likely N-dealkylation sites (tertiary alicyclic amines) is 1. The third-order valence-corrected chi connectivity index (χ3v) is 4.13. The van der Waals surface area contributed by atoms with Gasteiger partial charge in [-0.15, -0.1) is 0 Å². The number of hydrogen-bond acceptors (Lipinski definition) is 3. The van der Waals surface area contributed by atoms with Crippen LogP contribution in [0.15, 0.2) is 24.3 Å². The van der Waals surface area contributed by atoms with Crippen molar-refractivity contribution >= 4 is 11.8 Å². The Morgan fingerprint density at radius 3 is 2.81 bits per heavy atom. The van der Waals surface area contributed by atoms with E-state index < -0.39 is 11.8 Å². The van der Waals surface area contributed by atoms with E-state index in [9.17, 15) is 9.59 Å². The van der Waals surface area contributed by atoms with Crippen LogP contribution < -0.4 is 5.32 Å². The maximum atomic E-state index is 11.9. The van der Waals surface area contributed by atoms with Gasteiger partial charge in [0.05, 0.1) is 6.61 Å². The van der Waals surface area contributed by atoms with E-state index in [2.05, 4.69) is 11.4 Å². The summed E-state index contributed by atoms with van der Waals surface area (Å²) in [6.45, 7) is 2.37. The molecule has 0 aromatic heterocycles. The summed E-state index contributed by atoms with van der Waals surface area (Å²) < 4.78 is 5.72. The van der Waals surface area contributed by atoms with E-state index in [-0.39, 0.29) is 6.10 Å². The molecule has 2 aliphatic rings. The first-order valence-corrected chi connectivity index (χ1v) is 7.52. The Morgan fingerprint density at radius 1 is 1.24 bits per heavy atom. The minimum Gasteiger partial charge on any atom is -0.371 e. The number of nitrogens with zero attached hydrogens (tertiary/aromatic N) is 1. The molecule has 1 fully saturated rings. The van der Waals surface area contributed by atoms with Gasteiger partial charge in [-0.1, -0.05) is 24.3 Å². The van der Waals surface area contributed by atoms with Gasteiger partial charge in [-0.3, -0.25) is 9.59 Å². The fourth-order valence-corrected chi connectivity index (χ4v) is 2.97. The van der Waals surface area contributed by atoms with Crippen molar-refractivity contribution in [3.8, 4) is 0 Å². The second-order valence-corrected chi connectivity index (χ2v) is 5.52. The molecule has 1 saturated heterocycles. The summed E-state index contributed by atoms with van der Waals surface area (Å²) >= 11 is 0. The average molecular weight is 288 g/mol. The Kier molecular flexibility index (Phi) is 4.20. The quantitative estimate of drug-likeness (QED) is 0.827. The van der Waals surface area contributed by atoms with Gasteiger partial charge in [0, 0.05) is 19.6 Å². The van der Waals surface area contributed by atoms with Crippen LogP contribution in [0.4, 0.5) is 0 Å². The fourth-order valence-electron chi connectivity index (χ4n) is 2.97. The van der Waals surface area contributed by atoms with E-state index in [0.717, 1.165) is 24.8 Å². The van der Waals surface area contributed by atoms with E-state index in [4.69, 9.17) is 4.74 Å². The summed E-state index contributed by atoms with van der Waals surface area (Å²) in [6, 6.07) is 8.09. The molecule has 0 spiro atoms. The molecule has 2 amide bonds. The van der Waals surface area contributed by atoms with Crippen molar-refractivity contribution in [3.63, 3.8) is 0 Å². The van der Waals surface area contributed by atoms with E-state index in [1.54, 1.807) is 4.90 Å². The van der Waals surface area contributed by atoms with Gasteiger partial charge in [0.1, 0.15) is 6.10 Å². The van der Waals surface area contributed by atoms with E-state index >= 15 is 0 Å². The number of benzene rings is 1. The zero-order chi connectivity index (χ0) is 14.7. The van der Waals surface area contributed by atoms with Gasteiger partial charge in [-0.05, 0) is 30.4 Å². The predicted molar refractivity (Wildman–Crippen MR) is 77.7 cm³/mol. The number of carbonyl (C=O) groups is 2. The molecule has 0 saturated carbocycles. The highest BCUT2D eigenvalue weighted by atomic mass is 16.5. The Hall–Kier alpha value is -1.88. The van der Waals surface area contributed by atoms with Crippen molar-refractivity contribution in [2.45, 2.75) is 25.4 Å². The summed E-state index contributed by atoms with van der Waals surface area (Å²) in [5.74, 6) is -0.944. The first kappa shape index (κ1) is 14.1. The summed E-state index contributed by atoms with van der Waals surface area (Å²) in [5, 5.41) is 2.71. The number of hydrogen-bond donors (Lipinski definition) is 1. The van der Waals surface area contributed by atoms with Gasteiger partial charge >= 0.3 is 11.8 Å². The van der Waals surface area contributed by atoms with Gasteiger partial charge in [0.15, 0.2) is 0 Å². The van der Waals surface area contributed by atoms with Crippen molar-refractivity contribution < 1.29 is 14.3 Å². The zero-order valence-electron chi connectivity index (χ0n) is 12.0. The number of amides is 2. The third-order valence-electron chi connectivity index (χ3n) is 4.13. The lowest BCUT2D eigenvalue weighted by atomic mass is 9.97. The van der Waals surface area contributed by atoms with Crippen LogP contribution in [-0.4, -0.2) is 43.0 Å². The van der Waals surface area contributed by atoms with Crippen LogP contribution in [0.3, 0.4) is 0 Å². The maximum absolute atomic E-state index is 11.9. The molecule has 0 radical (unpaired) electrons. The normalized spacial score (nSPS) is 21.0. The molecule has 0 unspecified atom stereocenters. The third kappa shape index (κ3) is 3.08. The summed E-state index contributed by atoms with van der Waals surface area (Å²) in [7, 11) is 0. The van der Waals surface area contributed by atoms with Crippen LogP contribution in [-0.2, 0) is 20.7 Å². The average Bonchev–Trinajstić information content (AvgIpc) is 3.06. The first-order valence-electron chi connectivity index (χ1n) is 7.52. The molecule has 3 rings (SSSR count). The Morgan fingerprint density at radius 2 is 2.00 bits per heavy atom. The second kappa shape index (κ2) is 6.26. The minimum absolute atomic E-state index is 0.162. The van der Waals surface area contributed by atoms with Crippen molar-refractivity contribution in [2.75, 3.05) is 26.2 Å². The van der Waals surface area contributed by atoms with Crippen molar-refractivity contribution in [3.05, 3.63) is 35.4 Å². The molecular formula is C16H20N2O3. The monoisotopic (exact) mass is 288 g/mol. The number of carbonyl (C=O) groups excluding carboxylic acids is 2. The Bertz CT molecular complexity index is 538. The zero-order valence-corrected chi connectivity index (χ0v) is 12.0. The maximum Gasteiger partial charge on any atom is 0.311 e. The number of fused-ring (bicyclic) bond motifs is 1. The molecule has 5 nitrogen and oxygen atoms in total. The van der Waals surface area contributed by atoms with Crippen LogP contribution >= 0.6 is 0 Å². The summed E-state index contributed by atoms with van der Waals surface area (Å²) in [4.78, 5) is 25.5. The van der Waals surface area contributed by atoms with Crippen molar-refractivity contribution in [2.24, 2.45) is 0 Å². The van der Waals surface area contributed by atoms with Gasteiger partial charge < -0.3 is 15.0 Å². The molecule has 1 aromatic carbocycles. The van der Waals surface area contributed by atoms with Gasteiger partial charge in [0.2, 0.25) is 0 Å². The molecule has 5 heteroatoms. The largest absolute Gasteiger partial charge is 0.371 e. The lowest BCUT2D eigenvalue weighted by molar-refractivity contribution is -0.145. The van der Waals surface area contributed by atoms with Gasteiger partial charge in [-0.25, -0.2) is 0 Å². The lowest BCUT2D eigenvalue weighted by Gasteiger charge is -2.26. The van der Waals surface area contributed by atoms with Crippen LogP contribution in [0.25, 0.3) is 0 Å². The Balaban J connectivity index is 1.58. The van der Waals surface area contributed by atoms with E-state index in [0.29, 0.717) is 26.2 Å². The lowest BCUT2D eigenvalue weighted by Crippen LogP contribution is -2.43. The highest BCUT2D eigenvalue weighted by Crippen LogP contribution is 2.26. The van der Waals surface area contributed by atoms with E-state index in [1.165, 1.54) is 5.56 Å². The van der Waals surface area contributed by atoms with Gasteiger partial charge in [0.25, 0.3) is 0 Å². The van der Waals surface area contributed by atoms with Crippen molar-refractivity contribution in [1.82, 2.24) is 10.2 Å². The molecular weight excluding hydrogens is 268 g/mol.